The molecule has 1 atom stereocenters. The van der Waals surface area contributed by atoms with Gasteiger partial charge in [-0.2, -0.15) is 0 Å². The molecule has 1 aromatic carbocycles. The summed E-state index contributed by atoms with van der Waals surface area (Å²) in [4.78, 5) is 25.3. The van der Waals surface area contributed by atoms with Crippen LogP contribution in [-0.2, 0) is 9.59 Å². The Hall–Kier alpha value is -1.84. The van der Waals surface area contributed by atoms with E-state index in [9.17, 15) is 9.59 Å². The Labute approximate surface area is 127 Å². The van der Waals surface area contributed by atoms with Crippen LogP contribution in [0.2, 0.25) is 0 Å². The molecule has 0 fully saturated rings. The Balaban J connectivity index is 2.56. The van der Waals surface area contributed by atoms with Gasteiger partial charge in [-0.25, -0.2) is 0 Å². The normalized spacial score (nSPS) is 11.9. The van der Waals surface area contributed by atoms with Crippen molar-refractivity contribution in [2.45, 2.75) is 53.5 Å². The van der Waals surface area contributed by atoms with Gasteiger partial charge < -0.3 is 10.2 Å². The first-order valence-corrected chi connectivity index (χ1v) is 7.49. The first-order valence-electron chi connectivity index (χ1n) is 7.49. The van der Waals surface area contributed by atoms with Gasteiger partial charge in [-0.1, -0.05) is 13.0 Å². The molecule has 0 saturated carbocycles. The minimum absolute atomic E-state index is 0.0170. The lowest BCUT2D eigenvalue weighted by atomic mass is 10.1. The molecule has 0 aromatic heterocycles. The van der Waals surface area contributed by atoms with Gasteiger partial charge in [-0.05, 0) is 50.5 Å². The lowest BCUT2D eigenvalue weighted by Crippen LogP contribution is -2.38. The average Bonchev–Trinajstić information content (AvgIpc) is 2.42. The van der Waals surface area contributed by atoms with Gasteiger partial charge in [0.2, 0.25) is 11.8 Å². The first-order chi connectivity index (χ1) is 9.85. The van der Waals surface area contributed by atoms with Crippen molar-refractivity contribution in [2.75, 3.05) is 11.9 Å². The zero-order valence-electron chi connectivity index (χ0n) is 13.7. The zero-order chi connectivity index (χ0) is 16.0. The van der Waals surface area contributed by atoms with Crippen LogP contribution >= 0.6 is 0 Å². The summed E-state index contributed by atoms with van der Waals surface area (Å²) in [6.45, 7) is 10.1. The highest BCUT2D eigenvalue weighted by Crippen LogP contribution is 2.14. The maximum atomic E-state index is 12.0. The SMILES string of the molecule is CCC(C)N(CCC(=O)Nc1ccc(C)c(C)c1)C(C)=O. The maximum absolute atomic E-state index is 12.0. The number of aryl methyl sites for hydroxylation is 2. The van der Waals surface area contributed by atoms with Crippen LogP contribution in [0.5, 0.6) is 0 Å². The Kier molecular flexibility index (Phi) is 6.40. The molecule has 0 radical (unpaired) electrons. The van der Waals surface area contributed by atoms with Crippen molar-refractivity contribution in [1.29, 1.82) is 0 Å². The molecule has 1 aromatic rings. The van der Waals surface area contributed by atoms with E-state index < -0.39 is 0 Å². The number of hydrogen-bond donors (Lipinski definition) is 1. The Bertz CT molecular complexity index is 512. The second-order valence-electron chi connectivity index (χ2n) is 5.57. The van der Waals surface area contributed by atoms with Crippen LogP contribution in [0.25, 0.3) is 0 Å². The number of anilines is 1. The summed E-state index contributed by atoms with van der Waals surface area (Å²) < 4.78 is 0. The molecule has 0 spiro atoms. The van der Waals surface area contributed by atoms with Crippen molar-refractivity contribution in [2.24, 2.45) is 0 Å². The molecule has 0 bridgehead atoms. The van der Waals surface area contributed by atoms with Crippen molar-refractivity contribution >= 4 is 17.5 Å². The lowest BCUT2D eigenvalue weighted by Gasteiger charge is -2.27. The van der Waals surface area contributed by atoms with Crippen LogP contribution < -0.4 is 5.32 Å². The molecule has 1 N–H and O–H groups in total. The molecule has 4 heteroatoms. The predicted octanol–water partition coefficient (Wildman–Crippen LogP) is 3.28. The standard InChI is InChI=1S/C17H26N2O2/c1-6-14(4)19(15(5)20)10-9-17(21)18-16-8-7-12(2)13(3)11-16/h7-8,11,14H,6,9-10H2,1-5H3,(H,18,21). The van der Waals surface area contributed by atoms with Crippen LogP contribution in [0.15, 0.2) is 18.2 Å². The van der Waals surface area contributed by atoms with Gasteiger partial charge in [-0.15, -0.1) is 0 Å². The summed E-state index contributed by atoms with van der Waals surface area (Å²) in [7, 11) is 0. The van der Waals surface area contributed by atoms with E-state index in [2.05, 4.69) is 5.32 Å². The summed E-state index contributed by atoms with van der Waals surface area (Å²) >= 11 is 0. The summed E-state index contributed by atoms with van der Waals surface area (Å²) in [5, 5.41) is 2.88. The topological polar surface area (TPSA) is 49.4 Å². The number of benzene rings is 1. The molecular formula is C17H26N2O2. The van der Waals surface area contributed by atoms with E-state index in [0.717, 1.165) is 17.7 Å². The highest BCUT2D eigenvalue weighted by Gasteiger charge is 2.16. The summed E-state index contributed by atoms with van der Waals surface area (Å²) in [6.07, 6.45) is 1.20. The number of nitrogens with zero attached hydrogens (tertiary/aromatic N) is 1. The van der Waals surface area contributed by atoms with Crippen LogP contribution in [0, 0.1) is 13.8 Å². The zero-order valence-corrected chi connectivity index (χ0v) is 13.7. The fraction of sp³-hybridized carbons (Fsp3) is 0.529. The maximum Gasteiger partial charge on any atom is 0.226 e. The third-order valence-electron chi connectivity index (χ3n) is 3.90. The van der Waals surface area contributed by atoms with Crippen molar-refractivity contribution in [3.05, 3.63) is 29.3 Å². The molecule has 1 rings (SSSR count). The van der Waals surface area contributed by atoms with E-state index in [1.54, 1.807) is 11.8 Å². The largest absolute Gasteiger partial charge is 0.340 e. The molecule has 1 unspecified atom stereocenters. The van der Waals surface area contributed by atoms with Crippen molar-refractivity contribution in [3.63, 3.8) is 0 Å². The first kappa shape index (κ1) is 17.2. The molecule has 2 amide bonds. The van der Waals surface area contributed by atoms with Gasteiger partial charge in [0.05, 0.1) is 0 Å². The second-order valence-corrected chi connectivity index (χ2v) is 5.57. The van der Waals surface area contributed by atoms with E-state index in [1.807, 2.05) is 45.9 Å². The molecule has 0 saturated heterocycles. The summed E-state index contributed by atoms with van der Waals surface area (Å²) in [5.41, 5.74) is 3.16. The van der Waals surface area contributed by atoms with Gasteiger partial charge in [-0.3, -0.25) is 9.59 Å². The molecule has 116 valence electrons. The highest BCUT2D eigenvalue weighted by atomic mass is 16.2. The van der Waals surface area contributed by atoms with Crippen molar-refractivity contribution in [1.82, 2.24) is 4.90 Å². The fourth-order valence-corrected chi connectivity index (χ4v) is 2.17. The van der Waals surface area contributed by atoms with Crippen LogP contribution in [0.3, 0.4) is 0 Å². The molecule has 0 aliphatic heterocycles. The van der Waals surface area contributed by atoms with Crippen LogP contribution in [0.1, 0.15) is 44.7 Å². The minimum Gasteiger partial charge on any atom is -0.340 e. The van der Waals surface area contributed by atoms with Gasteiger partial charge in [0.1, 0.15) is 0 Å². The van der Waals surface area contributed by atoms with E-state index in [0.29, 0.717) is 13.0 Å². The number of carbonyl (C=O) groups is 2. The lowest BCUT2D eigenvalue weighted by molar-refractivity contribution is -0.131. The van der Waals surface area contributed by atoms with Crippen molar-refractivity contribution < 1.29 is 9.59 Å². The Morgan fingerprint density at radius 1 is 1.24 bits per heavy atom. The fourth-order valence-electron chi connectivity index (χ4n) is 2.17. The van der Waals surface area contributed by atoms with E-state index in [1.165, 1.54) is 5.56 Å². The van der Waals surface area contributed by atoms with Crippen molar-refractivity contribution in [3.8, 4) is 0 Å². The third kappa shape index (κ3) is 5.21. The third-order valence-corrected chi connectivity index (χ3v) is 3.90. The van der Waals surface area contributed by atoms with Crippen LogP contribution in [0.4, 0.5) is 5.69 Å². The number of rotatable bonds is 6. The van der Waals surface area contributed by atoms with Gasteiger partial charge in [0.25, 0.3) is 0 Å². The van der Waals surface area contributed by atoms with Gasteiger partial charge >= 0.3 is 0 Å². The number of carbonyl (C=O) groups excluding carboxylic acids is 2. The molecule has 0 aliphatic carbocycles. The summed E-state index contributed by atoms with van der Waals surface area (Å²) in [5.74, 6) is -0.0452. The quantitative estimate of drug-likeness (QED) is 0.874. The smallest absolute Gasteiger partial charge is 0.226 e. The van der Waals surface area contributed by atoms with Gasteiger partial charge in [0, 0.05) is 31.6 Å². The molecule has 21 heavy (non-hydrogen) atoms. The Morgan fingerprint density at radius 2 is 1.90 bits per heavy atom. The minimum atomic E-state index is -0.0622. The highest BCUT2D eigenvalue weighted by molar-refractivity contribution is 5.91. The molecular weight excluding hydrogens is 264 g/mol. The Morgan fingerprint density at radius 3 is 2.43 bits per heavy atom. The molecule has 0 heterocycles. The number of amides is 2. The number of hydrogen-bond acceptors (Lipinski definition) is 2. The van der Waals surface area contributed by atoms with E-state index in [4.69, 9.17) is 0 Å². The van der Waals surface area contributed by atoms with Crippen LogP contribution in [-0.4, -0.2) is 29.3 Å². The van der Waals surface area contributed by atoms with Gasteiger partial charge in [0.15, 0.2) is 0 Å². The summed E-state index contributed by atoms with van der Waals surface area (Å²) in [6, 6.07) is 6.02. The average molecular weight is 290 g/mol. The second kappa shape index (κ2) is 7.81. The van der Waals surface area contributed by atoms with E-state index in [-0.39, 0.29) is 17.9 Å². The number of nitrogens with one attached hydrogen (secondary N) is 1. The molecule has 4 nitrogen and oxygen atoms in total. The molecule has 0 aliphatic rings. The monoisotopic (exact) mass is 290 g/mol. The van der Waals surface area contributed by atoms with E-state index >= 15 is 0 Å². The predicted molar refractivity (Wildman–Crippen MR) is 86.3 cm³/mol.